The highest BCUT2D eigenvalue weighted by molar-refractivity contribution is 5.81. The Balaban J connectivity index is 2.13. The van der Waals surface area contributed by atoms with Crippen LogP contribution >= 0.6 is 0 Å². The molecule has 2 aliphatic rings. The van der Waals surface area contributed by atoms with Crippen LogP contribution in [0.1, 0.15) is 52.9 Å². The molecule has 2 rings (SSSR count). The molecule has 0 aromatic carbocycles. The fraction of sp³-hybridized carbons (Fsp3) is 0.923. The van der Waals surface area contributed by atoms with Crippen LogP contribution in [0.5, 0.6) is 0 Å². The Morgan fingerprint density at radius 1 is 1.27 bits per heavy atom. The van der Waals surface area contributed by atoms with Crippen LogP contribution in [-0.4, -0.2) is 28.8 Å². The molecule has 2 aliphatic heterocycles. The number of rotatable bonds is 3. The first-order valence-electron chi connectivity index (χ1n) is 6.42. The van der Waals surface area contributed by atoms with Gasteiger partial charge in [-0.1, -0.05) is 20.8 Å². The zero-order valence-corrected chi connectivity index (χ0v) is 10.2. The Bertz CT molecular complexity index is 233. The van der Waals surface area contributed by atoms with Crippen molar-refractivity contribution in [2.45, 2.75) is 71.0 Å². The Kier molecular flexibility index (Phi) is 3.15. The predicted octanol–water partition coefficient (Wildman–Crippen LogP) is 2.62. The van der Waals surface area contributed by atoms with Crippen molar-refractivity contribution >= 4 is 5.78 Å². The average molecular weight is 209 g/mol. The number of fused-ring (bicyclic) bond motifs is 2. The van der Waals surface area contributed by atoms with Crippen LogP contribution in [0, 0.1) is 5.92 Å². The van der Waals surface area contributed by atoms with Crippen LogP contribution in [0.15, 0.2) is 0 Å². The molecule has 0 aliphatic carbocycles. The van der Waals surface area contributed by atoms with Gasteiger partial charge in [0.25, 0.3) is 0 Å². The Morgan fingerprint density at radius 3 is 2.20 bits per heavy atom. The molecule has 0 N–H and O–H groups in total. The van der Waals surface area contributed by atoms with Gasteiger partial charge in [0.05, 0.1) is 0 Å². The van der Waals surface area contributed by atoms with Gasteiger partial charge in [-0.15, -0.1) is 0 Å². The molecule has 3 unspecified atom stereocenters. The lowest BCUT2D eigenvalue weighted by molar-refractivity contribution is -0.124. The number of ketones is 1. The van der Waals surface area contributed by atoms with E-state index in [9.17, 15) is 4.79 Å². The van der Waals surface area contributed by atoms with E-state index in [1.54, 1.807) is 0 Å². The van der Waals surface area contributed by atoms with E-state index in [1.807, 2.05) is 0 Å². The average Bonchev–Trinajstić information content (AvgIpc) is 2.44. The quantitative estimate of drug-likeness (QED) is 0.712. The summed E-state index contributed by atoms with van der Waals surface area (Å²) in [6, 6.07) is 1.84. The van der Waals surface area contributed by atoms with Gasteiger partial charge in [-0.2, -0.15) is 0 Å². The van der Waals surface area contributed by atoms with Gasteiger partial charge in [-0.25, -0.2) is 0 Å². The second-order valence-corrected chi connectivity index (χ2v) is 5.50. The largest absolute Gasteiger partial charge is 0.300 e. The van der Waals surface area contributed by atoms with Crippen molar-refractivity contribution in [3.8, 4) is 0 Å². The molecule has 2 fully saturated rings. The van der Waals surface area contributed by atoms with E-state index in [0.717, 1.165) is 12.8 Å². The lowest BCUT2D eigenvalue weighted by atomic mass is 9.92. The normalized spacial score (nSPS) is 33.7. The van der Waals surface area contributed by atoms with Crippen LogP contribution in [0.3, 0.4) is 0 Å². The van der Waals surface area contributed by atoms with Gasteiger partial charge in [0, 0.05) is 31.0 Å². The highest BCUT2D eigenvalue weighted by Crippen LogP contribution is 2.37. The minimum Gasteiger partial charge on any atom is -0.300 e. The van der Waals surface area contributed by atoms with Crippen molar-refractivity contribution in [2.75, 3.05) is 0 Å². The first-order valence-corrected chi connectivity index (χ1v) is 6.42. The van der Waals surface area contributed by atoms with Gasteiger partial charge in [0.15, 0.2) is 0 Å². The van der Waals surface area contributed by atoms with Crippen LogP contribution in [0.4, 0.5) is 0 Å². The summed E-state index contributed by atoms with van der Waals surface area (Å²) >= 11 is 0. The highest BCUT2D eigenvalue weighted by atomic mass is 16.1. The maximum atomic E-state index is 11.5. The van der Waals surface area contributed by atoms with Gasteiger partial charge in [0.2, 0.25) is 0 Å². The Hall–Kier alpha value is -0.370. The van der Waals surface area contributed by atoms with Crippen molar-refractivity contribution in [3.05, 3.63) is 0 Å². The standard InChI is InChI=1S/C13H23NO/c1-4-13(9(2)3)14-10-5-6-11(14)8-12(15)7-10/h9-11,13H,4-8H2,1-3H3. The van der Waals surface area contributed by atoms with Gasteiger partial charge >= 0.3 is 0 Å². The summed E-state index contributed by atoms with van der Waals surface area (Å²) in [6.45, 7) is 6.90. The lowest BCUT2D eigenvalue weighted by Gasteiger charge is -2.41. The van der Waals surface area contributed by atoms with Gasteiger partial charge in [-0.05, 0) is 25.2 Å². The van der Waals surface area contributed by atoms with Crippen LogP contribution < -0.4 is 0 Å². The predicted molar refractivity (Wildman–Crippen MR) is 61.8 cm³/mol. The van der Waals surface area contributed by atoms with E-state index in [2.05, 4.69) is 25.7 Å². The highest BCUT2D eigenvalue weighted by Gasteiger charge is 2.43. The molecule has 2 bridgehead atoms. The van der Waals surface area contributed by atoms with Gasteiger partial charge in [0.1, 0.15) is 5.78 Å². The van der Waals surface area contributed by atoms with E-state index in [-0.39, 0.29) is 0 Å². The molecule has 86 valence electrons. The number of carbonyl (C=O) groups excluding carboxylic acids is 1. The summed E-state index contributed by atoms with van der Waals surface area (Å²) in [5.74, 6) is 1.21. The number of carbonyl (C=O) groups is 1. The maximum Gasteiger partial charge on any atom is 0.136 e. The molecular formula is C13H23NO. The summed E-state index contributed by atoms with van der Waals surface area (Å²) in [6.07, 6.45) is 5.36. The molecule has 15 heavy (non-hydrogen) atoms. The van der Waals surface area contributed by atoms with Crippen molar-refractivity contribution in [3.63, 3.8) is 0 Å². The number of piperidine rings is 1. The fourth-order valence-corrected chi connectivity index (χ4v) is 3.57. The topological polar surface area (TPSA) is 20.3 Å². The fourth-order valence-electron chi connectivity index (χ4n) is 3.57. The zero-order valence-electron chi connectivity index (χ0n) is 10.2. The minimum absolute atomic E-state index is 0.498. The van der Waals surface area contributed by atoms with E-state index < -0.39 is 0 Å². The van der Waals surface area contributed by atoms with Gasteiger partial charge in [-0.3, -0.25) is 9.69 Å². The molecule has 0 spiro atoms. The minimum atomic E-state index is 0.498. The van der Waals surface area contributed by atoms with E-state index in [0.29, 0.717) is 29.8 Å². The second kappa shape index (κ2) is 4.25. The molecular weight excluding hydrogens is 186 g/mol. The molecule has 3 atom stereocenters. The molecule has 2 heteroatoms. The third kappa shape index (κ3) is 1.96. The summed E-state index contributed by atoms with van der Waals surface area (Å²) in [5.41, 5.74) is 0. The van der Waals surface area contributed by atoms with E-state index in [4.69, 9.17) is 0 Å². The molecule has 0 aromatic rings. The molecule has 2 nitrogen and oxygen atoms in total. The monoisotopic (exact) mass is 209 g/mol. The number of hydrogen-bond acceptors (Lipinski definition) is 2. The zero-order chi connectivity index (χ0) is 11.0. The van der Waals surface area contributed by atoms with Crippen molar-refractivity contribution in [1.29, 1.82) is 0 Å². The first-order chi connectivity index (χ1) is 7.13. The van der Waals surface area contributed by atoms with Crippen LogP contribution in [0.25, 0.3) is 0 Å². The molecule has 0 saturated carbocycles. The van der Waals surface area contributed by atoms with Crippen LogP contribution in [-0.2, 0) is 4.79 Å². The van der Waals surface area contributed by atoms with Crippen molar-refractivity contribution in [1.82, 2.24) is 4.90 Å². The van der Waals surface area contributed by atoms with E-state index >= 15 is 0 Å². The second-order valence-electron chi connectivity index (χ2n) is 5.50. The summed E-state index contributed by atoms with van der Waals surface area (Å²) in [7, 11) is 0. The summed E-state index contributed by atoms with van der Waals surface area (Å²) in [5, 5.41) is 0. The molecule has 0 aromatic heterocycles. The smallest absolute Gasteiger partial charge is 0.136 e. The molecule has 2 heterocycles. The van der Waals surface area contributed by atoms with E-state index in [1.165, 1.54) is 19.3 Å². The number of Topliss-reactive ketones (excluding diaryl/α,β-unsaturated/α-hetero) is 1. The number of hydrogen-bond donors (Lipinski definition) is 0. The summed E-state index contributed by atoms with van der Waals surface area (Å²) in [4.78, 5) is 14.2. The number of nitrogens with zero attached hydrogens (tertiary/aromatic N) is 1. The first kappa shape index (κ1) is 11.1. The Morgan fingerprint density at radius 2 is 1.80 bits per heavy atom. The Labute approximate surface area is 93.0 Å². The van der Waals surface area contributed by atoms with Crippen LogP contribution in [0.2, 0.25) is 0 Å². The molecule has 0 amide bonds. The molecule has 2 saturated heterocycles. The lowest BCUT2D eigenvalue weighted by Crippen LogP contribution is -2.50. The third-order valence-corrected chi connectivity index (χ3v) is 4.17. The van der Waals surface area contributed by atoms with Crippen molar-refractivity contribution in [2.24, 2.45) is 5.92 Å². The maximum absolute atomic E-state index is 11.5. The van der Waals surface area contributed by atoms with Gasteiger partial charge < -0.3 is 0 Å². The summed E-state index contributed by atoms with van der Waals surface area (Å²) < 4.78 is 0. The SMILES string of the molecule is CCC(C(C)C)N1C2CCC1CC(=O)C2. The molecule has 0 radical (unpaired) electrons. The van der Waals surface area contributed by atoms with Crippen molar-refractivity contribution < 1.29 is 4.79 Å². The third-order valence-electron chi connectivity index (χ3n) is 4.17.